The summed E-state index contributed by atoms with van der Waals surface area (Å²) in [5, 5.41) is 0. The van der Waals surface area contributed by atoms with Crippen molar-refractivity contribution in [3.8, 4) is 0 Å². The smallest absolute Gasteiger partial charge is 0.0780 e. The Morgan fingerprint density at radius 1 is 1.25 bits per heavy atom. The topological polar surface area (TPSA) is 18.5 Å². The van der Waals surface area contributed by atoms with Crippen LogP contribution >= 0.6 is 0 Å². The summed E-state index contributed by atoms with van der Waals surface area (Å²) in [7, 11) is 0. The van der Waals surface area contributed by atoms with E-state index in [0.29, 0.717) is 6.61 Å². The molecule has 0 fully saturated rings. The monoisotopic (exact) mass is 173 g/mol. The molecule has 0 amide bonds. The Hall–Kier alpha value is -0.0800. The molecule has 0 spiro atoms. The molecule has 73 valence electrons. The first kappa shape index (κ1) is 11.9. The first-order valence-electron chi connectivity index (χ1n) is 4.73. The van der Waals surface area contributed by atoms with Gasteiger partial charge in [0.25, 0.3) is 0 Å². The van der Waals surface area contributed by atoms with E-state index in [9.17, 15) is 0 Å². The van der Waals surface area contributed by atoms with Crippen LogP contribution in [0.3, 0.4) is 0 Å². The van der Waals surface area contributed by atoms with Crippen molar-refractivity contribution in [1.29, 1.82) is 0 Å². The quantitative estimate of drug-likeness (QED) is 0.550. The number of hydrogen-bond acceptors (Lipinski definition) is 2. The van der Waals surface area contributed by atoms with Crippen molar-refractivity contribution in [3.63, 3.8) is 0 Å². The maximum absolute atomic E-state index is 5.48. The first-order valence-corrected chi connectivity index (χ1v) is 4.73. The van der Waals surface area contributed by atoms with E-state index < -0.39 is 0 Å². The minimum absolute atomic E-state index is 0.0576. The van der Waals surface area contributed by atoms with Gasteiger partial charge >= 0.3 is 0 Å². The van der Waals surface area contributed by atoms with Crippen LogP contribution in [0, 0.1) is 6.92 Å². The third-order valence-electron chi connectivity index (χ3n) is 1.52. The van der Waals surface area contributed by atoms with Gasteiger partial charge in [0.05, 0.1) is 18.8 Å². The van der Waals surface area contributed by atoms with Crippen LogP contribution in [0.2, 0.25) is 0 Å². The second kappa shape index (κ2) is 7.56. The molecule has 0 aliphatic carbocycles. The van der Waals surface area contributed by atoms with Crippen LogP contribution in [-0.4, -0.2) is 25.4 Å². The molecule has 0 rings (SSSR count). The number of unbranched alkanes of at least 4 members (excludes halogenated alkanes) is 1. The Kier molecular flexibility index (Phi) is 7.51. The van der Waals surface area contributed by atoms with Gasteiger partial charge in [-0.25, -0.2) is 0 Å². The van der Waals surface area contributed by atoms with Crippen molar-refractivity contribution in [3.05, 3.63) is 6.92 Å². The molecular weight excluding hydrogens is 152 g/mol. The minimum Gasteiger partial charge on any atom is -0.376 e. The van der Waals surface area contributed by atoms with Gasteiger partial charge in [0.2, 0.25) is 0 Å². The van der Waals surface area contributed by atoms with Crippen LogP contribution in [0.25, 0.3) is 0 Å². The second-order valence-corrected chi connectivity index (χ2v) is 3.18. The van der Waals surface area contributed by atoms with Gasteiger partial charge in [-0.1, -0.05) is 13.3 Å². The van der Waals surface area contributed by atoms with Crippen LogP contribution in [0.1, 0.15) is 33.6 Å². The molecule has 0 aromatic carbocycles. The summed E-state index contributed by atoms with van der Waals surface area (Å²) in [6.07, 6.45) is 2.56. The third-order valence-corrected chi connectivity index (χ3v) is 1.52. The van der Waals surface area contributed by atoms with E-state index in [0.717, 1.165) is 13.0 Å². The molecule has 0 aliphatic heterocycles. The Morgan fingerprint density at radius 3 is 2.42 bits per heavy atom. The fraction of sp³-hybridized carbons (Fsp3) is 0.900. The average molecular weight is 173 g/mol. The van der Waals surface area contributed by atoms with Gasteiger partial charge in [0.1, 0.15) is 0 Å². The van der Waals surface area contributed by atoms with Crippen molar-refractivity contribution < 1.29 is 9.47 Å². The molecule has 0 bridgehead atoms. The molecule has 12 heavy (non-hydrogen) atoms. The average Bonchev–Trinajstić information content (AvgIpc) is 2.01. The molecule has 0 N–H and O–H groups in total. The van der Waals surface area contributed by atoms with Crippen LogP contribution in [-0.2, 0) is 9.47 Å². The predicted octanol–water partition coefficient (Wildman–Crippen LogP) is 2.43. The Bertz CT molecular complexity index is 91.8. The highest BCUT2D eigenvalue weighted by Gasteiger charge is 2.02. The summed E-state index contributed by atoms with van der Waals surface area (Å²) in [5.74, 6) is 0. The zero-order chi connectivity index (χ0) is 9.40. The summed E-state index contributed by atoms with van der Waals surface area (Å²) in [4.78, 5) is 0. The number of ether oxygens (including phenoxy) is 2. The third kappa shape index (κ3) is 8.02. The highest BCUT2D eigenvalue weighted by Crippen LogP contribution is 1.97. The standard InChI is InChI=1S/C10H21O2/c1-5-6-7-11-10(4)8-12-9(2)3/h9-10H,2,5-8H2,1,3-4H3. The molecule has 0 heterocycles. The fourth-order valence-electron chi connectivity index (χ4n) is 0.777. The zero-order valence-corrected chi connectivity index (χ0v) is 8.51. The Morgan fingerprint density at radius 2 is 1.92 bits per heavy atom. The normalized spacial score (nSPS) is 13.8. The molecule has 0 saturated carbocycles. The van der Waals surface area contributed by atoms with Gasteiger partial charge < -0.3 is 9.47 Å². The van der Waals surface area contributed by atoms with Crippen LogP contribution < -0.4 is 0 Å². The molecule has 2 unspecified atom stereocenters. The summed E-state index contributed by atoms with van der Waals surface area (Å²) in [6.45, 7) is 11.3. The van der Waals surface area contributed by atoms with Gasteiger partial charge in [-0.2, -0.15) is 0 Å². The number of hydrogen-bond donors (Lipinski definition) is 0. The highest BCUT2D eigenvalue weighted by atomic mass is 16.5. The van der Waals surface area contributed by atoms with Crippen molar-refractivity contribution >= 4 is 0 Å². The van der Waals surface area contributed by atoms with Crippen molar-refractivity contribution in [2.75, 3.05) is 13.2 Å². The van der Waals surface area contributed by atoms with E-state index in [4.69, 9.17) is 9.47 Å². The predicted molar refractivity (Wildman–Crippen MR) is 51.1 cm³/mol. The van der Waals surface area contributed by atoms with Crippen LogP contribution in [0.15, 0.2) is 0 Å². The van der Waals surface area contributed by atoms with E-state index in [1.54, 1.807) is 0 Å². The van der Waals surface area contributed by atoms with Gasteiger partial charge in [-0.15, -0.1) is 0 Å². The van der Waals surface area contributed by atoms with E-state index in [2.05, 4.69) is 13.8 Å². The number of rotatable bonds is 7. The summed E-state index contributed by atoms with van der Waals surface area (Å²) in [6, 6.07) is 0. The maximum Gasteiger partial charge on any atom is 0.0780 e. The second-order valence-electron chi connectivity index (χ2n) is 3.18. The largest absolute Gasteiger partial charge is 0.376 e. The maximum atomic E-state index is 5.48. The zero-order valence-electron chi connectivity index (χ0n) is 8.51. The molecule has 2 atom stereocenters. The molecule has 2 nitrogen and oxygen atoms in total. The van der Waals surface area contributed by atoms with E-state index >= 15 is 0 Å². The lowest BCUT2D eigenvalue weighted by molar-refractivity contribution is -0.0208. The summed E-state index contributed by atoms with van der Waals surface area (Å²) in [5.41, 5.74) is 0. The summed E-state index contributed by atoms with van der Waals surface area (Å²) < 4.78 is 10.8. The lowest BCUT2D eigenvalue weighted by Crippen LogP contribution is -2.19. The SMILES string of the molecule is [CH2]C(C)OCC(C)OCCCC. The minimum atomic E-state index is 0.0576. The molecule has 0 saturated heterocycles. The van der Waals surface area contributed by atoms with E-state index in [1.807, 2.05) is 13.8 Å². The van der Waals surface area contributed by atoms with Crippen LogP contribution in [0.5, 0.6) is 0 Å². The van der Waals surface area contributed by atoms with E-state index in [1.165, 1.54) is 6.42 Å². The summed E-state index contributed by atoms with van der Waals surface area (Å²) >= 11 is 0. The fourth-order valence-corrected chi connectivity index (χ4v) is 0.777. The van der Waals surface area contributed by atoms with Gasteiger partial charge in [-0.05, 0) is 27.2 Å². The molecule has 0 aromatic heterocycles. The van der Waals surface area contributed by atoms with Crippen LogP contribution in [0.4, 0.5) is 0 Å². The van der Waals surface area contributed by atoms with Gasteiger partial charge in [0.15, 0.2) is 0 Å². The first-order chi connectivity index (χ1) is 5.66. The van der Waals surface area contributed by atoms with Crippen molar-refractivity contribution in [2.45, 2.75) is 45.8 Å². The molecule has 2 heteroatoms. The Balaban J connectivity index is 3.15. The molecule has 0 aromatic rings. The lowest BCUT2D eigenvalue weighted by Gasteiger charge is -2.14. The van der Waals surface area contributed by atoms with Crippen molar-refractivity contribution in [2.24, 2.45) is 0 Å². The van der Waals surface area contributed by atoms with E-state index in [-0.39, 0.29) is 12.2 Å². The van der Waals surface area contributed by atoms with Gasteiger partial charge in [0, 0.05) is 6.61 Å². The Labute approximate surface area is 76.3 Å². The molecule has 0 aliphatic rings. The molecular formula is C10H21O2. The lowest BCUT2D eigenvalue weighted by atomic mass is 10.3. The van der Waals surface area contributed by atoms with Gasteiger partial charge in [-0.3, -0.25) is 0 Å². The highest BCUT2D eigenvalue weighted by molar-refractivity contribution is 4.53. The van der Waals surface area contributed by atoms with Crippen molar-refractivity contribution in [1.82, 2.24) is 0 Å². The molecule has 1 radical (unpaired) electrons.